The predicted octanol–water partition coefficient (Wildman–Crippen LogP) is 2.00. The number of aromatic nitrogens is 2. The molecule has 0 aliphatic carbocycles. The van der Waals surface area contributed by atoms with Gasteiger partial charge in [0.05, 0.1) is 17.1 Å². The molecule has 0 aliphatic rings. The number of para-hydroxylation sites is 2. The summed E-state index contributed by atoms with van der Waals surface area (Å²) in [6.07, 6.45) is 1.29. The zero-order chi connectivity index (χ0) is 17.1. The van der Waals surface area contributed by atoms with Crippen LogP contribution < -0.4 is 11.0 Å². The third-order valence-corrected chi connectivity index (χ3v) is 3.45. The average Bonchev–Trinajstić information content (AvgIpc) is 2.56. The maximum Gasteiger partial charge on any atom is 0.350 e. The standard InChI is InChI=1S/C17H14N4O3/c1-11-19-14-8-4-3-7-13(14)16(23)21(11)17(24)20-18-10-12-6-2-5-9-15(12)22/h2-10,22H,1H3,(H,20,24)/b18-10+. The molecule has 0 saturated heterocycles. The zero-order valence-corrected chi connectivity index (χ0v) is 12.8. The molecule has 24 heavy (non-hydrogen) atoms. The first kappa shape index (κ1) is 15.4. The number of carbonyl (C=O) groups is 1. The van der Waals surface area contributed by atoms with E-state index in [1.807, 2.05) is 0 Å². The SMILES string of the molecule is Cc1nc2ccccc2c(=O)n1C(=O)N/N=C/c1ccccc1O. The average molecular weight is 322 g/mol. The summed E-state index contributed by atoms with van der Waals surface area (Å²) in [5.74, 6) is 0.296. The molecule has 1 aromatic heterocycles. The first-order valence-corrected chi connectivity index (χ1v) is 7.18. The van der Waals surface area contributed by atoms with Crippen LogP contribution >= 0.6 is 0 Å². The normalized spacial score (nSPS) is 11.0. The number of hydrogen-bond donors (Lipinski definition) is 2. The van der Waals surface area contributed by atoms with Gasteiger partial charge in [-0.1, -0.05) is 24.3 Å². The van der Waals surface area contributed by atoms with Gasteiger partial charge in [0.25, 0.3) is 5.56 Å². The van der Waals surface area contributed by atoms with Gasteiger partial charge in [-0.15, -0.1) is 0 Å². The van der Waals surface area contributed by atoms with Gasteiger partial charge in [-0.05, 0) is 31.2 Å². The highest BCUT2D eigenvalue weighted by Gasteiger charge is 2.13. The van der Waals surface area contributed by atoms with Crippen molar-refractivity contribution in [2.75, 3.05) is 0 Å². The molecular formula is C17H14N4O3. The molecule has 3 aromatic rings. The lowest BCUT2D eigenvalue weighted by Crippen LogP contribution is -2.36. The molecule has 0 fully saturated rings. The minimum absolute atomic E-state index is 0.0382. The van der Waals surface area contributed by atoms with E-state index in [9.17, 15) is 14.7 Å². The van der Waals surface area contributed by atoms with Crippen LogP contribution in [0.15, 0.2) is 58.4 Å². The number of amides is 1. The van der Waals surface area contributed by atoms with E-state index in [1.165, 1.54) is 12.3 Å². The fourth-order valence-electron chi connectivity index (χ4n) is 2.29. The Hall–Kier alpha value is -3.48. The van der Waals surface area contributed by atoms with Gasteiger partial charge in [0, 0.05) is 5.56 Å². The molecule has 2 aromatic carbocycles. The third-order valence-electron chi connectivity index (χ3n) is 3.45. The van der Waals surface area contributed by atoms with Crippen LogP contribution in [0.5, 0.6) is 5.75 Å². The Kier molecular flexibility index (Phi) is 4.07. The Labute approximate surface area is 136 Å². The smallest absolute Gasteiger partial charge is 0.350 e. The molecule has 0 atom stereocenters. The molecule has 0 radical (unpaired) electrons. The number of rotatable bonds is 2. The Morgan fingerprint density at radius 3 is 2.71 bits per heavy atom. The molecule has 1 amide bonds. The van der Waals surface area contributed by atoms with Crippen molar-refractivity contribution in [3.05, 3.63) is 70.3 Å². The summed E-state index contributed by atoms with van der Waals surface area (Å²) in [5.41, 5.74) is 2.77. The molecule has 0 saturated carbocycles. The van der Waals surface area contributed by atoms with Gasteiger partial charge in [0.1, 0.15) is 11.6 Å². The molecule has 0 unspecified atom stereocenters. The third kappa shape index (κ3) is 2.87. The van der Waals surface area contributed by atoms with Crippen molar-refractivity contribution in [3.8, 4) is 5.75 Å². The predicted molar refractivity (Wildman–Crippen MR) is 90.4 cm³/mol. The maximum absolute atomic E-state index is 12.4. The number of aromatic hydroxyl groups is 1. The number of nitrogens with zero attached hydrogens (tertiary/aromatic N) is 3. The van der Waals surface area contributed by atoms with Gasteiger partial charge in [0.15, 0.2) is 0 Å². The van der Waals surface area contributed by atoms with Crippen molar-refractivity contribution >= 4 is 23.1 Å². The first-order valence-electron chi connectivity index (χ1n) is 7.18. The monoisotopic (exact) mass is 322 g/mol. The maximum atomic E-state index is 12.4. The van der Waals surface area contributed by atoms with Crippen LogP contribution in [0, 0.1) is 6.92 Å². The Balaban J connectivity index is 1.89. The van der Waals surface area contributed by atoms with E-state index in [0.717, 1.165) is 4.57 Å². The van der Waals surface area contributed by atoms with Gasteiger partial charge in [-0.2, -0.15) is 5.10 Å². The van der Waals surface area contributed by atoms with Crippen LogP contribution in [0.2, 0.25) is 0 Å². The number of phenols is 1. The van der Waals surface area contributed by atoms with Crippen LogP contribution in [0.3, 0.4) is 0 Å². The van der Waals surface area contributed by atoms with Crippen molar-refractivity contribution in [3.63, 3.8) is 0 Å². The van der Waals surface area contributed by atoms with Gasteiger partial charge in [-0.3, -0.25) is 4.79 Å². The molecule has 1 heterocycles. The summed E-state index contributed by atoms with van der Waals surface area (Å²) in [7, 11) is 0. The molecule has 7 heteroatoms. The van der Waals surface area contributed by atoms with Gasteiger partial charge in [0.2, 0.25) is 0 Å². The number of hydrogen-bond acceptors (Lipinski definition) is 5. The number of hydrazone groups is 1. The number of carbonyl (C=O) groups excluding carboxylic acids is 1. The van der Waals surface area contributed by atoms with Crippen molar-refractivity contribution in [2.24, 2.45) is 5.10 Å². The van der Waals surface area contributed by atoms with Crippen molar-refractivity contribution in [2.45, 2.75) is 6.92 Å². The summed E-state index contributed by atoms with van der Waals surface area (Å²) in [6, 6.07) is 12.6. The highest BCUT2D eigenvalue weighted by atomic mass is 16.3. The van der Waals surface area contributed by atoms with Crippen LogP contribution in [0.25, 0.3) is 10.9 Å². The van der Waals surface area contributed by atoms with E-state index in [4.69, 9.17) is 0 Å². The molecule has 0 bridgehead atoms. The minimum atomic E-state index is -0.720. The molecule has 0 aliphatic heterocycles. The highest BCUT2D eigenvalue weighted by Crippen LogP contribution is 2.12. The van der Waals surface area contributed by atoms with Gasteiger partial charge in [-0.25, -0.2) is 19.8 Å². The van der Waals surface area contributed by atoms with Crippen molar-refractivity contribution in [1.29, 1.82) is 0 Å². The highest BCUT2D eigenvalue weighted by molar-refractivity contribution is 5.86. The van der Waals surface area contributed by atoms with E-state index in [1.54, 1.807) is 49.4 Å². The van der Waals surface area contributed by atoms with E-state index < -0.39 is 11.6 Å². The number of aryl methyl sites for hydroxylation is 1. The topological polar surface area (TPSA) is 96.6 Å². The molecular weight excluding hydrogens is 308 g/mol. The van der Waals surface area contributed by atoms with Gasteiger partial charge < -0.3 is 5.11 Å². The lowest BCUT2D eigenvalue weighted by Gasteiger charge is -2.08. The number of phenolic OH excluding ortho intramolecular Hbond substituents is 1. The Morgan fingerprint density at radius 2 is 1.92 bits per heavy atom. The molecule has 2 N–H and O–H groups in total. The second kappa shape index (κ2) is 6.33. The van der Waals surface area contributed by atoms with Crippen LogP contribution in [-0.2, 0) is 0 Å². The van der Waals surface area contributed by atoms with Crippen molar-refractivity contribution in [1.82, 2.24) is 15.0 Å². The van der Waals surface area contributed by atoms with Crippen molar-refractivity contribution < 1.29 is 9.90 Å². The molecule has 7 nitrogen and oxygen atoms in total. The van der Waals surface area contributed by atoms with Crippen LogP contribution in [-0.4, -0.2) is 26.9 Å². The number of fused-ring (bicyclic) bond motifs is 1. The number of benzene rings is 2. The minimum Gasteiger partial charge on any atom is -0.507 e. The molecule has 120 valence electrons. The Morgan fingerprint density at radius 1 is 1.21 bits per heavy atom. The van der Waals surface area contributed by atoms with E-state index in [-0.39, 0.29) is 11.6 Å². The summed E-state index contributed by atoms with van der Waals surface area (Å²) in [5, 5.41) is 13.7. The Bertz CT molecular complexity index is 1010. The summed E-state index contributed by atoms with van der Waals surface area (Å²) in [4.78, 5) is 28.9. The summed E-state index contributed by atoms with van der Waals surface area (Å²) >= 11 is 0. The summed E-state index contributed by atoms with van der Waals surface area (Å²) < 4.78 is 0.921. The number of nitrogens with one attached hydrogen (secondary N) is 1. The second-order valence-corrected chi connectivity index (χ2v) is 5.05. The van der Waals surface area contributed by atoms with Crippen LogP contribution in [0.4, 0.5) is 4.79 Å². The molecule has 3 rings (SSSR count). The molecule has 0 spiro atoms. The largest absolute Gasteiger partial charge is 0.507 e. The fraction of sp³-hybridized carbons (Fsp3) is 0.0588. The second-order valence-electron chi connectivity index (χ2n) is 5.05. The summed E-state index contributed by atoms with van der Waals surface area (Å²) in [6.45, 7) is 1.57. The zero-order valence-electron chi connectivity index (χ0n) is 12.8. The lowest BCUT2D eigenvalue weighted by atomic mass is 10.2. The van der Waals surface area contributed by atoms with E-state index >= 15 is 0 Å². The van der Waals surface area contributed by atoms with E-state index in [2.05, 4.69) is 15.5 Å². The van der Waals surface area contributed by atoms with Gasteiger partial charge >= 0.3 is 6.03 Å². The van der Waals surface area contributed by atoms with Crippen LogP contribution in [0.1, 0.15) is 11.4 Å². The first-order chi connectivity index (χ1) is 11.6. The fourth-order valence-corrected chi connectivity index (χ4v) is 2.29. The van der Waals surface area contributed by atoms with E-state index in [0.29, 0.717) is 16.5 Å². The quantitative estimate of drug-likeness (QED) is 0.557. The lowest BCUT2D eigenvalue weighted by molar-refractivity contribution is 0.241.